The highest BCUT2D eigenvalue weighted by atomic mass is 32.2. The van der Waals surface area contributed by atoms with E-state index in [-0.39, 0.29) is 27.8 Å². The Balaban J connectivity index is 1.95. The summed E-state index contributed by atoms with van der Waals surface area (Å²) in [5.74, 6) is -0.813. The number of azo groups is 2. The lowest BCUT2D eigenvalue weighted by atomic mass is 10.1. The maximum absolute atomic E-state index is 12.1. The van der Waals surface area contributed by atoms with Gasteiger partial charge < -0.3 is 10.8 Å². The van der Waals surface area contributed by atoms with Gasteiger partial charge in [-0.2, -0.15) is 18.6 Å². The van der Waals surface area contributed by atoms with Crippen LogP contribution in [0, 0.1) is 10.1 Å². The van der Waals surface area contributed by atoms with E-state index in [9.17, 15) is 36.6 Å². The lowest BCUT2D eigenvalue weighted by molar-refractivity contribution is -0.384. The van der Waals surface area contributed by atoms with Crippen LogP contribution in [-0.4, -0.2) is 31.4 Å². The zero-order valence-electron chi connectivity index (χ0n) is 18.9. The van der Waals surface area contributed by atoms with Crippen LogP contribution in [0.15, 0.2) is 97.0 Å². The third-order valence-electron chi connectivity index (χ3n) is 5.15. The highest BCUT2D eigenvalue weighted by Crippen LogP contribution is 2.47. The number of phenols is 1. The second-order valence-electron chi connectivity index (χ2n) is 7.57. The highest BCUT2D eigenvalue weighted by molar-refractivity contribution is 7.86. The van der Waals surface area contributed by atoms with Gasteiger partial charge in [-0.05, 0) is 41.8 Å². The molecular formula is C22H16N6O8S2. The number of nitrogens with zero attached hydrogens (tertiary/aromatic N) is 5. The number of nitro benzene ring substituents is 1. The molecule has 4 aromatic carbocycles. The molecule has 0 unspecified atom stereocenters. The van der Waals surface area contributed by atoms with Gasteiger partial charge in [0.1, 0.15) is 16.3 Å². The standard InChI is InChI=1S/C22H16N6O8S2/c23-19-18-12(10-16(37(32)33)20(19)26-25-14-6-8-15(9-7-14)28(30)31)11-17(38(34,35)36)21(22(18)29)27-24-13-4-2-1-3-5-13/h1-11,29,37H,23H2,(H,34,35,36)/b26-25+,27-24+. The van der Waals surface area contributed by atoms with E-state index in [1.807, 2.05) is 0 Å². The van der Waals surface area contributed by atoms with Crippen molar-refractivity contribution in [2.24, 2.45) is 20.5 Å². The van der Waals surface area contributed by atoms with E-state index in [0.29, 0.717) is 5.69 Å². The Kier molecular flexibility index (Phi) is 7.11. The van der Waals surface area contributed by atoms with Crippen molar-refractivity contribution in [3.8, 4) is 5.75 Å². The molecule has 16 heteroatoms. The first-order valence-electron chi connectivity index (χ1n) is 10.3. The topological polar surface area (TPSA) is 227 Å². The molecule has 0 spiro atoms. The molecule has 0 saturated carbocycles. The smallest absolute Gasteiger partial charge is 0.296 e. The monoisotopic (exact) mass is 556 g/mol. The van der Waals surface area contributed by atoms with Crippen LogP contribution in [0.25, 0.3) is 10.8 Å². The number of nitro groups is 1. The number of rotatable bonds is 7. The van der Waals surface area contributed by atoms with Gasteiger partial charge in [-0.15, -0.1) is 10.2 Å². The van der Waals surface area contributed by atoms with Crippen molar-refractivity contribution >= 4 is 65.7 Å². The van der Waals surface area contributed by atoms with Crippen LogP contribution in [-0.2, 0) is 20.8 Å². The molecule has 0 heterocycles. The zero-order chi connectivity index (χ0) is 27.6. The SMILES string of the molecule is Nc1c(/N=N/c2ccc([N+](=O)[O-])cc2)c([SH](=O)=O)cc2cc(S(=O)(=O)O)c(/N=N/c3ccccc3)c(O)c12. The first-order valence-corrected chi connectivity index (χ1v) is 13.0. The third-order valence-corrected chi connectivity index (χ3v) is 6.75. The Bertz CT molecular complexity index is 1810. The van der Waals surface area contributed by atoms with E-state index in [4.69, 9.17) is 5.73 Å². The van der Waals surface area contributed by atoms with E-state index in [1.54, 1.807) is 30.3 Å². The maximum atomic E-state index is 12.1. The van der Waals surface area contributed by atoms with Gasteiger partial charge in [-0.1, -0.05) is 18.2 Å². The van der Waals surface area contributed by atoms with E-state index in [2.05, 4.69) is 20.5 Å². The van der Waals surface area contributed by atoms with E-state index in [1.165, 1.54) is 24.3 Å². The Morgan fingerprint density at radius 3 is 2.00 bits per heavy atom. The van der Waals surface area contributed by atoms with E-state index >= 15 is 0 Å². The van der Waals surface area contributed by atoms with Gasteiger partial charge in [-0.25, -0.2) is 8.42 Å². The van der Waals surface area contributed by atoms with Crippen LogP contribution in [0.5, 0.6) is 5.75 Å². The summed E-state index contributed by atoms with van der Waals surface area (Å²) in [5.41, 5.74) is 4.98. The van der Waals surface area contributed by atoms with Gasteiger partial charge in [0.2, 0.25) is 0 Å². The molecular weight excluding hydrogens is 540 g/mol. The molecule has 0 saturated heterocycles. The molecule has 4 rings (SSSR count). The second kappa shape index (κ2) is 10.3. The lowest BCUT2D eigenvalue weighted by Crippen LogP contribution is -2.01. The normalized spacial score (nSPS) is 12.2. The molecule has 4 N–H and O–H groups in total. The van der Waals surface area contributed by atoms with Crippen LogP contribution in [0.1, 0.15) is 0 Å². The third kappa shape index (κ3) is 5.31. The minimum Gasteiger partial charge on any atom is -0.505 e. The Hall–Kier alpha value is -4.80. The number of thiol groups is 1. The number of aromatic hydroxyl groups is 1. The molecule has 0 amide bonds. The number of non-ortho nitro benzene ring substituents is 1. The summed E-state index contributed by atoms with van der Waals surface area (Å²) in [6.45, 7) is 0. The lowest BCUT2D eigenvalue weighted by Gasteiger charge is -2.13. The molecule has 38 heavy (non-hydrogen) atoms. The number of nitrogen functional groups attached to an aromatic ring is 1. The molecule has 0 aliphatic heterocycles. The van der Waals surface area contributed by atoms with Crippen molar-refractivity contribution in [3.05, 3.63) is 76.8 Å². The first-order chi connectivity index (χ1) is 18.0. The zero-order valence-corrected chi connectivity index (χ0v) is 20.6. The van der Waals surface area contributed by atoms with Crippen molar-refractivity contribution in [3.63, 3.8) is 0 Å². The number of anilines is 1. The molecule has 0 fully saturated rings. The van der Waals surface area contributed by atoms with Crippen molar-refractivity contribution in [1.29, 1.82) is 0 Å². The number of benzene rings is 4. The fourth-order valence-corrected chi connectivity index (χ4v) is 4.65. The highest BCUT2D eigenvalue weighted by Gasteiger charge is 2.25. The van der Waals surface area contributed by atoms with Crippen molar-refractivity contribution in [1.82, 2.24) is 0 Å². The molecule has 0 aromatic heterocycles. The molecule has 14 nitrogen and oxygen atoms in total. The average Bonchev–Trinajstić information content (AvgIpc) is 2.87. The van der Waals surface area contributed by atoms with Gasteiger partial charge in [0.25, 0.3) is 15.8 Å². The van der Waals surface area contributed by atoms with Gasteiger partial charge in [0, 0.05) is 12.1 Å². The molecule has 4 aromatic rings. The van der Waals surface area contributed by atoms with E-state index < -0.39 is 52.7 Å². The van der Waals surface area contributed by atoms with Crippen LogP contribution in [0.4, 0.5) is 34.1 Å². The molecule has 0 atom stereocenters. The van der Waals surface area contributed by atoms with Crippen LogP contribution in [0.2, 0.25) is 0 Å². The predicted octanol–water partition coefficient (Wildman–Crippen LogP) is 5.08. The number of fused-ring (bicyclic) bond motifs is 1. The minimum atomic E-state index is -4.96. The Morgan fingerprint density at radius 2 is 1.45 bits per heavy atom. The number of phenolic OH excluding ortho intramolecular Hbond substituents is 1. The van der Waals surface area contributed by atoms with Crippen molar-refractivity contribution in [2.75, 3.05) is 5.73 Å². The fourth-order valence-electron chi connectivity index (χ4n) is 3.41. The number of hydrogen-bond donors (Lipinski definition) is 4. The van der Waals surface area contributed by atoms with Crippen LogP contribution >= 0.6 is 0 Å². The summed E-state index contributed by atoms with van der Waals surface area (Å²) >= 11 is 0. The van der Waals surface area contributed by atoms with E-state index in [0.717, 1.165) is 12.1 Å². The summed E-state index contributed by atoms with van der Waals surface area (Å²) < 4.78 is 57.9. The second-order valence-corrected chi connectivity index (χ2v) is 9.96. The molecule has 0 bridgehead atoms. The Labute approximate surface area is 215 Å². The number of hydrogen-bond acceptors (Lipinski definition) is 12. The molecule has 0 radical (unpaired) electrons. The molecule has 194 valence electrons. The quantitative estimate of drug-likeness (QED) is 0.0593. The van der Waals surface area contributed by atoms with Gasteiger partial charge in [-0.3, -0.25) is 14.7 Å². The fraction of sp³-hybridized carbons (Fsp3) is 0. The Morgan fingerprint density at radius 1 is 0.868 bits per heavy atom. The summed E-state index contributed by atoms with van der Waals surface area (Å²) in [6, 6.07) is 14.9. The van der Waals surface area contributed by atoms with Crippen LogP contribution in [0.3, 0.4) is 0 Å². The summed E-state index contributed by atoms with van der Waals surface area (Å²) in [5, 5.41) is 36.8. The first kappa shape index (κ1) is 26.3. The summed E-state index contributed by atoms with van der Waals surface area (Å²) in [6.07, 6.45) is 0. The van der Waals surface area contributed by atoms with Gasteiger partial charge >= 0.3 is 0 Å². The average molecular weight is 557 g/mol. The van der Waals surface area contributed by atoms with Crippen molar-refractivity contribution in [2.45, 2.75) is 9.79 Å². The predicted molar refractivity (Wildman–Crippen MR) is 136 cm³/mol. The molecule has 0 aliphatic carbocycles. The minimum absolute atomic E-state index is 0.130. The molecule has 0 aliphatic rings. The van der Waals surface area contributed by atoms with Crippen molar-refractivity contribution < 1.29 is 31.4 Å². The van der Waals surface area contributed by atoms with Gasteiger partial charge in [0.05, 0.1) is 32.3 Å². The summed E-state index contributed by atoms with van der Waals surface area (Å²) in [7, 11) is -8.31. The van der Waals surface area contributed by atoms with Crippen LogP contribution < -0.4 is 5.73 Å². The summed E-state index contributed by atoms with van der Waals surface area (Å²) in [4.78, 5) is 8.91. The number of nitrogens with two attached hydrogens (primary N) is 1. The largest absolute Gasteiger partial charge is 0.505 e. The maximum Gasteiger partial charge on any atom is 0.296 e. The van der Waals surface area contributed by atoms with Gasteiger partial charge in [0.15, 0.2) is 16.5 Å².